The van der Waals surface area contributed by atoms with Gasteiger partial charge in [0.05, 0.1) is 30.2 Å². The summed E-state index contributed by atoms with van der Waals surface area (Å²) in [6.07, 6.45) is 8.64. The molecule has 0 bridgehead atoms. The number of anilines is 1. The largest absolute Gasteiger partial charge is 0.322 e. The van der Waals surface area contributed by atoms with Crippen molar-refractivity contribution in [1.82, 2.24) is 24.6 Å². The van der Waals surface area contributed by atoms with Crippen LogP contribution >= 0.6 is 0 Å². The highest BCUT2D eigenvalue weighted by atomic mass is 16.2. The Labute approximate surface area is 146 Å². The predicted molar refractivity (Wildman–Crippen MR) is 95.0 cm³/mol. The van der Waals surface area contributed by atoms with E-state index in [9.17, 15) is 4.79 Å². The Hall–Kier alpha value is -3.22. The van der Waals surface area contributed by atoms with Crippen molar-refractivity contribution in [2.45, 2.75) is 19.5 Å². The van der Waals surface area contributed by atoms with Gasteiger partial charge in [0, 0.05) is 31.8 Å². The van der Waals surface area contributed by atoms with Crippen molar-refractivity contribution in [2.24, 2.45) is 0 Å². The number of rotatable bonds is 5. The molecule has 0 fully saturated rings. The normalized spacial score (nSPS) is 11.8. The topological polar surface area (TPSA) is 75.9 Å². The third kappa shape index (κ3) is 4.20. The predicted octanol–water partition coefficient (Wildman–Crippen LogP) is 2.95. The number of carbonyl (C=O) groups is 1. The zero-order chi connectivity index (χ0) is 17.6. The van der Waals surface area contributed by atoms with E-state index in [2.05, 4.69) is 20.4 Å². The zero-order valence-electron chi connectivity index (χ0n) is 14.2. The van der Waals surface area contributed by atoms with Gasteiger partial charge >= 0.3 is 6.03 Å². The maximum absolute atomic E-state index is 12.4. The van der Waals surface area contributed by atoms with Gasteiger partial charge in [0.15, 0.2) is 0 Å². The molecule has 7 heteroatoms. The van der Waals surface area contributed by atoms with E-state index >= 15 is 0 Å². The lowest BCUT2D eigenvalue weighted by atomic mass is 10.1. The van der Waals surface area contributed by atoms with Gasteiger partial charge in [-0.05, 0) is 30.7 Å². The maximum atomic E-state index is 12.4. The van der Waals surface area contributed by atoms with Crippen molar-refractivity contribution in [2.75, 3.05) is 12.4 Å². The number of pyridine rings is 2. The SMILES string of the molecule is C[C@@H](c1cccnc1)N(C)C(=O)Nc1cnn(Cc2ccccn2)c1. The molecular weight excluding hydrogens is 316 g/mol. The molecule has 25 heavy (non-hydrogen) atoms. The molecule has 0 radical (unpaired) electrons. The minimum Gasteiger partial charge on any atom is -0.321 e. The van der Waals surface area contributed by atoms with E-state index in [0.717, 1.165) is 11.3 Å². The van der Waals surface area contributed by atoms with Crippen molar-refractivity contribution in [3.05, 3.63) is 72.6 Å². The fraction of sp³-hybridized carbons (Fsp3) is 0.222. The van der Waals surface area contributed by atoms with Crippen LogP contribution in [0.4, 0.5) is 10.5 Å². The van der Waals surface area contributed by atoms with E-state index in [4.69, 9.17) is 0 Å². The second-order valence-corrected chi connectivity index (χ2v) is 5.75. The Morgan fingerprint density at radius 1 is 1.24 bits per heavy atom. The van der Waals surface area contributed by atoms with Gasteiger partial charge in [-0.25, -0.2) is 4.79 Å². The summed E-state index contributed by atoms with van der Waals surface area (Å²) in [4.78, 5) is 22.4. The van der Waals surface area contributed by atoms with E-state index in [1.807, 2.05) is 37.3 Å². The van der Waals surface area contributed by atoms with Crippen molar-refractivity contribution < 1.29 is 4.79 Å². The molecule has 3 aromatic rings. The Morgan fingerprint density at radius 3 is 2.84 bits per heavy atom. The van der Waals surface area contributed by atoms with Gasteiger partial charge in [-0.1, -0.05) is 12.1 Å². The standard InChI is InChI=1S/C18H20N6O/c1-14(15-6-5-8-19-10-15)23(2)18(25)22-17-11-21-24(13-17)12-16-7-3-4-9-20-16/h3-11,13-14H,12H2,1-2H3,(H,22,25)/t14-/m0/s1. The molecule has 3 aromatic heterocycles. The van der Waals surface area contributed by atoms with Crippen LogP contribution in [0.3, 0.4) is 0 Å². The third-order valence-electron chi connectivity index (χ3n) is 4.00. The lowest BCUT2D eigenvalue weighted by molar-refractivity contribution is 0.208. The van der Waals surface area contributed by atoms with Gasteiger partial charge in [0.1, 0.15) is 0 Å². The highest BCUT2D eigenvalue weighted by molar-refractivity contribution is 5.89. The zero-order valence-corrected chi connectivity index (χ0v) is 14.2. The first-order valence-electron chi connectivity index (χ1n) is 7.99. The van der Waals surface area contributed by atoms with E-state index < -0.39 is 0 Å². The molecule has 0 saturated heterocycles. The Morgan fingerprint density at radius 2 is 2.12 bits per heavy atom. The summed E-state index contributed by atoms with van der Waals surface area (Å²) in [6, 6.07) is 9.27. The average molecular weight is 336 g/mol. The summed E-state index contributed by atoms with van der Waals surface area (Å²) in [5.41, 5.74) is 2.53. The molecule has 0 unspecified atom stereocenters. The second kappa shape index (κ2) is 7.57. The van der Waals surface area contributed by atoms with Gasteiger partial charge in [0.25, 0.3) is 0 Å². The molecule has 3 rings (SSSR count). The van der Waals surface area contributed by atoms with Crippen LogP contribution in [0.2, 0.25) is 0 Å². The summed E-state index contributed by atoms with van der Waals surface area (Å²) in [7, 11) is 1.76. The Kier molecular flexibility index (Phi) is 5.03. The van der Waals surface area contributed by atoms with Crippen LogP contribution in [0, 0.1) is 0 Å². The highest BCUT2D eigenvalue weighted by Crippen LogP contribution is 2.18. The lowest BCUT2D eigenvalue weighted by Crippen LogP contribution is -2.33. The number of amides is 2. The first-order chi connectivity index (χ1) is 12.1. The molecule has 0 aliphatic rings. The second-order valence-electron chi connectivity index (χ2n) is 5.75. The molecule has 2 amide bonds. The molecule has 128 valence electrons. The third-order valence-corrected chi connectivity index (χ3v) is 4.00. The number of hydrogen-bond donors (Lipinski definition) is 1. The first-order valence-corrected chi connectivity index (χ1v) is 7.99. The smallest absolute Gasteiger partial charge is 0.321 e. The molecule has 0 saturated carbocycles. The van der Waals surface area contributed by atoms with Gasteiger partial charge in [-0.2, -0.15) is 5.10 Å². The van der Waals surface area contributed by atoms with Crippen LogP contribution < -0.4 is 5.32 Å². The summed E-state index contributed by atoms with van der Waals surface area (Å²) >= 11 is 0. The summed E-state index contributed by atoms with van der Waals surface area (Å²) in [5, 5.41) is 7.12. The van der Waals surface area contributed by atoms with Crippen LogP contribution in [-0.4, -0.2) is 37.7 Å². The van der Waals surface area contributed by atoms with Crippen LogP contribution in [0.5, 0.6) is 0 Å². The average Bonchev–Trinajstić information content (AvgIpc) is 3.08. The number of carbonyl (C=O) groups excluding carboxylic acids is 1. The lowest BCUT2D eigenvalue weighted by Gasteiger charge is -2.25. The number of aromatic nitrogens is 4. The Bertz CT molecular complexity index is 818. The van der Waals surface area contributed by atoms with Gasteiger partial charge in [0.2, 0.25) is 0 Å². The Balaban J connectivity index is 1.61. The molecule has 1 atom stereocenters. The molecule has 7 nitrogen and oxygen atoms in total. The van der Waals surface area contributed by atoms with E-state index in [1.54, 1.807) is 47.6 Å². The number of hydrogen-bond acceptors (Lipinski definition) is 4. The summed E-state index contributed by atoms with van der Waals surface area (Å²) < 4.78 is 1.74. The van der Waals surface area contributed by atoms with Crippen LogP contribution in [0.15, 0.2) is 61.3 Å². The molecular formula is C18H20N6O. The van der Waals surface area contributed by atoms with Crippen molar-refractivity contribution >= 4 is 11.7 Å². The van der Waals surface area contributed by atoms with E-state index in [1.165, 1.54) is 0 Å². The fourth-order valence-corrected chi connectivity index (χ4v) is 2.41. The summed E-state index contributed by atoms with van der Waals surface area (Å²) in [6.45, 7) is 2.51. The first kappa shape index (κ1) is 16.6. The molecule has 3 heterocycles. The fourth-order valence-electron chi connectivity index (χ4n) is 2.41. The molecule has 0 aliphatic carbocycles. The number of nitrogens with one attached hydrogen (secondary N) is 1. The number of urea groups is 1. The van der Waals surface area contributed by atoms with Crippen molar-refractivity contribution in [3.8, 4) is 0 Å². The van der Waals surface area contributed by atoms with Gasteiger partial charge in [-0.15, -0.1) is 0 Å². The highest BCUT2D eigenvalue weighted by Gasteiger charge is 2.18. The van der Waals surface area contributed by atoms with E-state index in [-0.39, 0.29) is 12.1 Å². The molecule has 0 spiro atoms. The van der Waals surface area contributed by atoms with Crippen molar-refractivity contribution in [1.29, 1.82) is 0 Å². The monoisotopic (exact) mass is 336 g/mol. The van der Waals surface area contributed by atoms with Gasteiger partial charge < -0.3 is 10.2 Å². The molecule has 1 N–H and O–H groups in total. The van der Waals surface area contributed by atoms with E-state index in [0.29, 0.717) is 12.2 Å². The summed E-state index contributed by atoms with van der Waals surface area (Å²) in [5.74, 6) is 0. The van der Waals surface area contributed by atoms with Crippen molar-refractivity contribution in [3.63, 3.8) is 0 Å². The van der Waals surface area contributed by atoms with Crippen LogP contribution in [-0.2, 0) is 6.54 Å². The minimum absolute atomic E-state index is 0.0859. The number of nitrogens with zero attached hydrogens (tertiary/aromatic N) is 5. The molecule has 0 aliphatic heterocycles. The van der Waals surface area contributed by atoms with Crippen LogP contribution in [0.1, 0.15) is 24.2 Å². The quantitative estimate of drug-likeness (QED) is 0.777. The van der Waals surface area contributed by atoms with Gasteiger partial charge in [-0.3, -0.25) is 14.6 Å². The maximum Gasteiger partial charge on any atom is 0.322 e. The minimum atomic E-state index is -0.200. The van der Waals surface area contributed by atoms with Crippen LogP contribution in [0.25, 0.3) is 0 Å². The molecule has 0 aromatic carbocycles.